The molecular weight excluding hydrogens is 420 g/mol. The van der Waals surface area contributed by atoms with Crippen LogP contribution >= 0.6 is 35.3 Å². The van der Waals surface area contributed by atoms with Crippen LogP contribution in [-0.4, -0.2) is 23.9 Å². The molecular formula is C22H22N2O2S3. The Balaban J connectivity index is 1.80. The molecule has 2 aromatic carbocycles. The molecule has 0 amide bonds. The number of benzene rings is 2. The molecule has 0 saturated heterocycles. The summed E-state index contributed by atoms with van der Waals surface area (Å²) in [6.45, 7) is 2.12. The summed E-state index contributed by atoms with van der Waals surface area (Å²) in [7, 11) is 0. The molecule has 0 atom stereocenters. The largest absolute Gasteiger partial charge is 0.462 e. The smallest absolute Gasteiger partial charge is 0.341 e. The molecule has 1 heterocycles. The van der Waals surface area contributed by atoms with Crippen LogP contribution in [0.2, 0.25) is 0 Å². The van der Waals surface area contributed by atoms with Crippen molar-refractivity contribution in [1.29, 1.82) is 0 Å². The van der Waals surface area contributed by atoms with Gasteiger partial charge in [-0.1, -0.05) is 42.5 Å². The van der Waals surface area contributed by atoms with Crippen LogP contribution in [0.5, 0.6) is 0 Å². The highest BCUT2D eigenvalue weighted by atomic mass is 32.2. The lowest BCUT2D eigenvalue weighted by atomic mass is 10.1. The molecule has 0 aliphatic heterocycles. The van der Waals surface area contributed by atoms with Gasteiger partial charge in [-0.05, 0) is 49.2 Å². The Bertz CT molecular complexity index is 987. The van der Waals surface area contributed by atoms with Crippen LogP contribution in [0.1, 0.15) is 27.7 Å². The second-order valence-corrected chi connectivity index (χ2v) is 8.51. The van der Waals surface area contributed by atoms with E-state index in [1.165, 1.54) is 16.9 Å². The first-order chi connectivity index (χ1) is 14.1. The van der Waals surface area contributed by atoms with Gasteiger partial charge < -0.3 is 15.4 Å². The molecule has 0 bridgehead atoms. The van der Waals surface area contributed by atoms with Crippen molar-refractivity contribution in [3.63, 3.8) is 0 Å². The van der Waals surface area contributed by atoms with E-state index in [0.29, 0.717) is 22.3 Å². The number of carbonyl (C=O) groups excluding carboxylic acids is 1. The van der Waals surface area contributed by atoms with Crippen molar-refractivity contribution < 1.29 is 9.53 Å². The Kier molecular flexibility index (Phi) is 7.69. The number of thiocarbonyl (C=S) groups is 1. The Morgan fingerprint density at radius 3 is 2.55 bits per heavy atom. The summed E-state index contributed by atoms with van der Waals surface area (Å²) in [4.78, 5) is 14.6. The fraction of sp³-hybridized carbons (Fsp3) is 0.182. The number of carbonyl (C=O) groups is 1. The standard InChI is InChI=1S/C22H22N2O2S3/c1-3-26-21(25)17-14-16(13-15-9-5-4-6-10-15)29-20(17)24-22(27)23-18-11-7-8-12-19(18)28-2/h4-12,14H,3,13H2,1-2H3,(H2,23,24,27). The van der Waals surface area contributed by atoms with Crippen LogP contribution in [0.3, 0.4) is 0 Å². The number of hydrogen-bond acceptors (Lipinski definition) is 5. The fourth-order valence-electron chi connectivity index (χ4n) is 2.78. The Hall–Kier alpha value is -2.35. The number of nitrogens with one attached hydrogen (secondary N) is 2. The quantitative estimate of drug-likeness (QED) is 0.264. The van der Waals surface area contributed by atoms with Gasteiger partial charge in [0, 0.05) is 16.2 Å². The van der Waals surface area contributed by atoms with Gasteiger partial charge in [0.1, 0.15) is 5.00 Å². The lowest BCUT2D eigenvalue weighted by Gasteiger charge is -2.13. The van der Waals surface area contributed by atoms with E-state index in [-0.39, 0.29) is 5.97 Å². The molecule has 4 nitrogen and oxygen atoms in total. The summed E-state index contributed by atoms with van der Waals surface area (Å²) in [5.41, 5.74) is 2.62. The van der Waals surface area contributed by atoms with E-state index in [2.05, 4.69) is 22.8 Å². The van der Waals surface area contributed by atoms with E-state index < -0.39 is 0 Å². The summed E-state index contributed by atoms with van der Waals surface area (Å²) in [6.07, 6.45) is 2.76. The van der Waals surface area contributed by atoms with Crippen LogP contribution in [0, 0.1) is 0 Å². The maximum absolute atomic E-state index is 12.4. The second kappa shape index (κ2) is 10.4. The maximum Gasteiger partial charge on any atom is 0.341 e. The second-order valence-electron chi connectivity index (χ2n) is 6.12. The molecule has 3 aromatic rings. The van der Waals surface area contributed by atoms with Crippen molar-refractivity contribution in [1.82, 2.24) is 0 Å². The minimum absolute atomic E-state index is 0.325. The highest BCUT2D eigenvalue weighted by Crippen LogP contribution is 2.31. The average Bonchev–Trinajstić information content (AvgIpc) is 3.11. The molecule has 0 spiro atoms. The molecule has 0 radical (unpaired) electrons. The molecule has 150 valence electrons. The average molecular weight is 443 g/mol. The molecule has 7 heteroatoms. The number of hydrogen-bond donors (Lipinski definition) is 2. The minimum Gasteiger partial charge on any atom is -0.462 e. The van der Waals surface area contributed by atoms with Crippen LogP contribution in [-0.2, 0) is 11.2 Å². The van der Waals surface area contributed by atoms with E-state index in [4.69, 9.17) is 17.0 Å². The topological polar surface area (TPSA) is 50.4 Å². The van der Waals surface area contributed by atoms with Crippen molar-refractivity contribution in [3.05, 3.63) is 76.7 Å². The third kappa shape index (κ3) is 5.82. The zero-order valence-electron chi connectivity index (χ0n) is 16.2. The SMILES string of the molecule is CCOC(=O)c1cc(Cc2ccccc2)sc1NC(=S)Nc1ccccc1SC. The molecule has 0 unspecified atom stereocenters. The predicted octanol–water partition coefficient (Wildman–Crippen LogP) is 6.05. The normalized spacial score (nSPS) is 10.4. The number of thioether (sulfide) groups is 1. The molecule has 29 heavy (non-hydrogen) atoms. The van der Waals surface area contributed by atoms with Crippen LogP contribution < -0.4 is 10.6 Å². The first-order valence-corrected chi connectivity index (χ1v) is 11.6. The Morgan fingerprint density at radius 1 is 1.10 bits per heavy atom. The highest BCUT2D eigenvalue weighted by molar-refractivity contribution is 7.98. The number of thiophene rings is 1. The van der Waals surface area contributed by atoms with Gasteiger partial charge in [-0.2, -0.15) is 0 Å². The number of para-hydroxylation sites is 1. The van der Waals surface area contributed by atoms with Gasteiger partial charge in [0.2, 0.25) is 0 Å². The lowest BCUT2D eigenvalue weighted by molar-refractivity contribution is 0.0528. The van der Waals surface area contributed by atoms with Gasteiger partial charge in [-0.15, -0.1) is 23.1 Å². The van der Waals surface area contributed by atoms with Crippen molar-refractivity contribution in [2.75, 3.05) is 23.5 Å². The number of anilines is 2. The van der Waals surface area contributed by atoms with E-state index in [9.17, 15) is 4.79 Å². The summed E-state index contributed by atoms with van der Waals surface area (Å²) in [6, 6.07) is 20.0. The predicted molar refractivity (Wildman–Crippen MR) is 128 cm³/mol. The molecule has 1 aromatic heterocycles. The van der Waals surface area contributed by atoms with E-state index >= 15 is 0 Å². The summed E-state index contributed by atoms with van der Waals surface area (Å²) in [5.74, 6) is -0.349. The number of ether oxygens (including phenoxy) is 1. The van der Waals surface area contributed by atoms with Crippen LogP contribution in [0.4, 0.5) is 10.7 Å². The molecule has 3 rings (SSSR count). The van der Waals surface area contributed by atoms with Crippen molar-refractivity contribution in [3.8, 4) is 0 Å². The molecule has 2 N–H and O–H groups in total. The zero-order valence-corrected chi connectivity index (χ0v) is 18.7. The van der Waals surface area contributed by atoms with Crippen LogP contribution in [0.15, 0.2) is 65.6 Å². The number of esters is 1. The van der Waals surface area contributed by atoms with Crippen molar-refractivity contribution in [2.24, 2.45) is 0 Å². The monoisotopic (exact) mass is 442 g/mol. The third-order valence-corrected chi connectivity index (χ3v) is 6.13. The van der Waals surface area contributed by atoms with Crippen molar-refractivity contribution >= 4 is 57.1 Å². The number of rotatable bonds is 7. The van der Waals surface area contributed by atoms with Gasteiger partial charge in [-0.3, -0.25) is 0 Å². The highest BCUT2D eigenvalue weighted by Gasteiger charge is 2.18. The molecule has 0 aliphatic carbocycles. The zero-order chi connectivity index (χ0) is 20.6. The summed E-state index contributed by atoms with van der Waals surface area (Å²) in [5, 5.41) is 7.53. The summed E-state index contributed by atoms with van der Waals surface area (Å²) < 4.78 is 5.23. The molecule has 0 saturated carbocycles. The lowest BCUT2D eigenvalue weighted by Crippen LogP contribution is -2.20. The minimum atomic E-state index is -0.349. The van der Waals surface area contributed by atoms with Gasteiger partial charge in [0.05, 0.1) is 17.9 Å². The van der Waals surface area contributed by atoms with Gasteiger partial charge in [0.15, 0.2) is 5.11 Å². The Labute approximate surface area is 184 Å². The first-order valence-electron chi connectivity index (χ1n) is 9.15. The maximum atomic E-state index is 12.4. The molecule has 0 aliphatic rings. The summed E-state index contributed by atoms with van der Waals surface area (Å²) >= 11 is 8.65. The van der Waals surface area contributed by atoms with Crippen molar-refractivity contribution in [2.45, 2.75) is 18.2 Å². The van der Waals surface area contributed by atoms with Gasteiger partial charge >= 0.3 is 5.97 Å². The van der Waals surface area contributed by atoms with E-state index in [1.807, 2.05) is 54.8 Å². The van der Waals surface area contributed by atoms with E-state index in [0.717, 1.165) is 21.9 Å². The van der Waals surface area contributed by atoms with Gasteiger partial charge in [0.25, 0.3) is 0 Å². The van der Waals surface area contributed by atoms with Crippen LogP contribution in [0.25, 0.3) is 0 Å². The first kappa shape index (κ1) is 21.4. The van der Waals surface area contributed by atoms with E-state index in [1.54, 1.807) is 18.7 Å². The molecule has 0 fully saturated rings. The fourth-order valence-corrected chi connectivity index (χ4v) is 4.70. The Morgan fingerprint density at radius 2 is 1.83 bits per heavy atom. The van der Waals surface area contributed by atoms with Gasteiger partial charge in [-0.25, -0.2) is 4.79 Å². The third-order valence-electron chi connectivity index (χ3n) is 4.08.